The van der Waals surface area contributed by atoms with Crippen LogP contribution >= 0.6 is 22.9 Å². The molecule has 0 aliphatic carbocycles. The number of hydrogen-bond acceptors (Lipinski definition) is 0. The molecule has 0 unspecified atom stereocenters. The van der Waals surface area contributed by atoms with Gasteiger partial charge in [0.1, 0.15) is 0 Å². The summed E-state index contributed by atoms with van der Waals surface area (Å²) in [6.45, 7) is 4.19. The first-order valence-electron chi connectivity index (χ1n) is 2.41. The maximum Gasteiger partial charge on any atom is 0.351 e. The maximum atomic E-state index is 5.44. The van der Waals surface area contributed by atoms with Crippen LogP contribution in [-0.4, -0.2) is 5.54 Å². The zero-order chi connectivity index (χ0) is 5.86. The average Bonchev–Trinajstić information content (AvgIpc) is 1.27. The summed E-state index contributed by atoms with van der Waals surface area (Å²) < 4.78 is 0. The summed E-state index contributed by atoms with van der Waals surface area (Å²) in [4.78, 5) is 0. The third kappa shape index (κ3) is 6.64. The Kier molecular flexibility index (Phi) is 3.96. The first-order valence-corrected chi connectivity index (χ1v) is 3.28. The zero-order valence-corrected chi connectivity index (χ0v) is 6.13. The number of rotatable bonds is 2. The first kappa shape index (κ1) is 7.64. The van der Waals surface area contributed by atoms with E-state index in [1.807, 2.05) is 0 Å². The molecule has 0 aromatic heterocycles. The maximum absolute atomic E-state index is 5.44. The highest BCUT2D eigenvalue weighted by molar-refractivity contribution is 7.33. The molecule has 0 atom stereocenters. The molecule has 0 fully saturated rings. The molecule has 0 bridgehead atoms. The standard InChI is InChI=1S/C4H9BCl2/c1-4(2)3-5(6)7/h4H,3H2,1-2H3. The van der Waals surface area contributed by atoms with E-state index >= 15 is 0 Å². The smallest absolute Gasteiger partial charge is 0.172 e. The van der Waals surface area contributed by atoms with Gasteiger partial charge in [-0.3, -0.25) is 0 Å². The van der Waals surface area contributed by atoms with E-state index in [1.165, 1.54) is 0 Å². The molecule has 42 valence electrons. The van der Waals surface area contributed by atoms with Crippen LogP contribution in [0, 0.1) is 5.92 Å². The second kappa shape index (κ2) is 3.62. The molecule has 0 radical (unpaired) electrons. The second-order valence-corrected chi connectivity index (χ2v) is 3.30. The first-order chi connectivity index (χ1) is 3.13. The van der Waals surface area contributed by atoms with Crippen molar-refractivity contribution in [2.45, 2.75) is 20.2 Å². The lowest BCUT2D eigenvalue weighted by molar-refractivity contribution is 0.732. The van der Waals surface area contributed by atoms with Gasteiger partial charge in [0, 0.05) is 0 Å². The summed E-state index contributed by atoms with van der Waals surface area (Å²) in [5.74, 6) is 0.611. The van der Waals surface area contributed by atoms with Crippen molar-refractivity contribution in [2.24, 2.45) is 5.92 Å². The Morgan fingerprint density at radius 1 is 1.43 bits per heavy atom. The van der Waals surface area contributed by atoms with Gasteiger partial charge in [0.2, 0.25) is 0 Å². The molecule has 0 nitrogen and oxygen atoms in total. The Labute approximate surface area is 55.1 Å². The zero-order valence-electron chi connectivity index (χ0n) is 4.62. The molecule has 3 heteroatoms. The van der Waals surface area contributed by atoms with Crippen LogP contribution in [0.4, 0.5) is 0 Å². The molecule has 0 N–H and O–H groups in total. The fourth-order valence-corrected chi connectivity index (χ4v) is 1.07. The molecule has 0 saturated heterocycles. The number of halogens is 2. The van der Waals surface area contributed by atoms with E-state index in [0.717, 1.165) is 6.32 Å². The highest BCUT2D eigenvalue weighted by atomic mass is 35.5. The molecule has 0 aliphatic rings. The minimum atomic E-state index is -0.181. The van der Waals surface area contributed by atoms with E-state index in [2.05, 4.69) is 13.8 Å². The Balaban J connectivity index is 2.95. The van der Waals surface area contributed by atoms with Crippen molar-refractivity contribution in [1.29, 1.82) is 0 Å². The Hall–Kier alpha value is 0.645. The molecule has 0 aromatic carbocycles. The van der Waals surface area contributed by atoms with Gasteiger partial charge in [0.15, 0.2) is 0 Å². The summed E-state index contributed by atoms with van der Waals surface area (Å²) in [6, 6.07) is 0. The second-order valence-electron chi connectivity index (χ2n) is 2.02. The van der Waals surface area contributed by atoms with Gasteiger partial charge in [-0.05, 0) is 6.32 Å². The van der Waals surface area contributed by atoms with Crippen molar-refractivity contribution < 1.29 is 0 Å². The molecular formula is C4H9BCl2. The normalized spacial score (nSPS) is 9.86. The summed E-state index contributed by atoms with van der Waals surface area (Å²) in [5, 5.41) is 0. The van der Waals surface area contributed by atoms with Crippen molar-refractivity contribution in [1.82, 2.24) is 0 Å². The van der Waals surface area contributed by atoms with Crippen molar-refractivity contribution in [3.63, 3.8) is 0 Å². The van der Waals surface area contributed by atoms with E-state index in [0.29, 0.717) is 5.92 Å². The third-order valence-electron chi connectivity index (χ3n) is 0.650. The fourth-order valence-electron chi connectivity index (χ4n) is 0.356. The predicted molar refractivity (Wildman–Crippen MR) is 37.1 cm³/mol. The Bertz CT molecular complexity index is 39.0. The van der Waals surface area contributed by atoms with E-state index < -0.39 is 0 Å². The highest BCUT2D eigenvalue weighted by Gasteiger charge is 2.06. The lowest BCUT2D eigenvalue weighted by Crippen LogP contribution is -1.97. The summed E-state index contributed by atoms with van der Waals surface area (Å²) >= 11 is 10.9. The highest BCUT2D eigenvalue weighted by Crippen LogP contribution is 2.10. The lowest BCUT2D eigenvalue weighted by atomic mass is 9.92. The minimum Gasteiger partial charge on any atom is -0.172 e. The van der Waals surface area contributed by atoms with Crippen LogP contribution in [0.2, 0.25) is 6.32 Å². The van der Waals surface area contributed by atoms with Crippen molar-refractivity contribution in [3.8, 4) is 0 Å². The molecule has 0 saturated carbocycles. The van der Waals surface area contributed by atoms with Crippen molar-refractivity contribution in [2.75, 3.05) is 0 Å². The summed E-state index contributed by atoms with van der Waals surface area (Å²) in [5.41, 5.74) is -0.181. The van der Waals surface area contributed by atoms with Gasteiger partial charge in [0.25, 0.3) is 0 Å². The van der Waals surface area contributed by atoms with Crippen LogP contribution in [0.5, 0.6) is 0 Å². The minimum absolute atomic E-state index is 0.181. The van der Waals surface area contributed by atoms with Crippen molar-refractivity contribution >= 4 is 28.5 Å². The van der Waals surface area contributed by atoms with Gasteiger partial charge in [-0.25, -0.2) is 0 Å². The Morgan fingerprint density at radius 3 is 1.86 bits per heavy atom. The molecule has 0 heterocycles. The molecular weight excluding hydrogens is 130 g/mol. The van der Waals surface area contributed by atoms with Crippen molar-refractivity contribution in [3.05, 3.63) is 0 Å². The van der Waals surface area contributed by atoms with Gasteiger partial charge in [-0.1, -0.05) is 19.8 Å². The molecule has 0 rings (SSSR count). The van der Waals surface area contributed by atoms with E-state index in [1.54, 1.807) is 0 Å². The largest absolute Gasteiger partial charge is 0.351 e. The quantitative estimate of drug-likeness (QED) is 0.515. The molecule has 0 amide bonds. The molecule has 0 spiro atoms. The average molecular weight is 139 g/mol. The van der Waals surface area contributed by atoms with Gasteiger partial charge >= 0.3 is 5.54 Å². The van der Waals surface area contributed by atoms with Crippen LogP contribution < -0.4 is 0 Å². The number of hydrogen-bond donors (Lipinski definition) is 0. The third-order valence-corrected chi connectivity index (χ3v) is 1.01. The van der Waals surface area contributed by atoms with Gasteiger partial charge in [-0.2, -0.15) is 22.9 Å². The molecule has 0 aromatic rings. The summed E-state index contributed by atoms with van der Waals surface area (Å²) in [6.07, 6.45) is 0.892. The van der Waals surface area contributed by atoms with Gasteiger partial charge in [-0.15, -0.1) is 0 Å². The molecule has 7 heavy (non-hydrogen) atoms. The SMILES string of the molecule is CC(C)CB(Cl)Cl. The van der Waals surface area contributed by atoms with Gasteiger partial charge in [0.05, 0.1) is 0 Å². The predicted octanol–water partition coefficient (Wildman–Crippen LogP) is 2.61. The monoisotopic (exact) mass is 138 g/mol. The van der Waals surface area contributed by atoms with E-state index in [4.69, 9.17) is 22.9 Å². The summed E-state index contributed by atoms with van der Waals surface area (Å²) in [7, 11) is 0. The van der Waals surface area contributed by atoms with E-state index in [9.17, 15) is 0 Å². The van der Waals surface area contributed by atoms with E-state index in [-0.39, 0.29) is 5.54 Å². The lowest BCUT2D eigenvalue weighted by Gasteiger charge is -1.98. The van der Waals surface area contributed by atoms with Crippen LogP contribution in [0.25, 0.3) is 0 Å². The topological polar surface area (TPSA) is 0 Å². The van der Waals surface area contributed by atoms with Gasteiger partial charge < -0.3 is 0 Å². The van der Waals surface area contributed by atoms with Crippen LogP contribution in [0.1, 0.15) is 13.8 Å². The molecule has 0 aliphatic heterocycles. The fraction of sp³-hybridized carbons (Fsp3) is 1.00. The van der Waals surface area contributed by atoms with Crippen LogP contribution in [0.15, 0.2) is 0 Å². The van der Waals surface area contributed by atoms with Crippen LogP contribution in [-0.2, 0) is 0 Å². The van der Waals surface area contributed by atoms with Crippen LogP contribution in [0.3, 0.4) is 0 Å². The Morgan fingerprint density at radius 2 is 1.86 bits per heavy atom.